The molecule has 4 atom stereocenters. The Morgan fingerprint density at radius 2 is 1.22 bits per heavy atom. The zero-order valence-electron chi connectivity index (χ0n) is 24.8. The van der Waals surface area contributed by atoms with Crippen LogP contribution in [0.1, 0.15) is 33.6 Å². The normalized spacial score (nSPS) is 21.9. The highest BCUT2D eigenvalue weighted by molar-refractivity contribution is 6.10. The summed E-state index contributed by atoms with van der Waals surface area (Å²) >= 11 is 0. The molecule has 3 heterocycles. The number of piperidine rings is 2. The number of phenols is 1. The van der Waals surface area contributed by atoms with Crippen LogP contribution in [-0.4, -0.2) is 77.5 Å². The first kappa shape index (κ1) is 30.2. The second-order valence-electron chi connectivity index (χ2n) is 11.9. The lowest BCUT2D eigenvalue weighted by Crippen LogP contribution is -2.53. The Balaban J connectivity index is 1.21. The van der Waals surface area contributed by atoms with Crippen molar-refractivity contribution in [3.05, 3.63) is 77.9 Å². The number of amides is 2. The lowest BCUT2D eigenvalue weighted by atomic mass is 10.0. The minimum Gasteiger partial charge on any atom is -0.506 e. The number of nitrogens with one attached hydrogen (secondary N) is 2. The molecule has 0 radical (unpaired) electrons. The standard InChI is InChI=1S/C32H38N10O3/c33-19-11-20(34)15-41(14-19)28-13-27(30(40-39-28)42-16-21(35)12-22(36)17-42)32(45)38-24-8-6-23(7-9-24)37-31(44)26-10-5-18-3-1-2-4-25(18)29(26)43/h1-10,13,19-22,43H,11-12,14-17,33-36H2,(H,37,44)(H,38,45). The molecule has 3 aromatic carbocycles. The minimum absolute atomic E-state index is 0.0836. The van der Waals surface area contributed by atoms with Crippen LogP contribution in [0.4, 0.5) is 23.0 Å². The van der Waals surface area contributed by atoms with Gasteiger partial charge in [0.2, 0.25) is 0 Å². The van der Waals surface area contributed by atoms with Crippen molar-refractivity contribution in [2.75, 3.05) is 46.6 Å². The molecule has 2 fully saturated rings. The van der Waals surface area contributed by atoms with Crippen LogP contribution in [-0.2, 0) is 0 Å². The summed E-state index contributed by atoms with van der Waals surface area (Å²) in [5, 5.41) is 26.7. The maximum absolute atomic E-state index is 13.8. The highest BCUT2D eigenvalue weighted by Crippen LogP contribution is 2.30. The lowest BCUT2D eigenvalue weighted by molar-refractivity contribution is 0.101. The summed E-state index contributed by atoms with van der Waals surface area (Å²) in [5.41, 5.74) is 26.4. The molecule has 11 N–H and O–H groups in total. The molecule has 13 heteroatoms. The third-order valence-corrected chi connectivity index (χ3v) is 8.21. The molecule has 0 spiro atoms. The number of aromatic nitrogens is 2. The molecule has 45 heavy (non-hydrogen) atoms. The molecule has 2 saturated heterocycles. The summed E-state index contributed by atoms with van der Waals surface area (Å²) in [4.78, 5) is 30.6. The van der Waals surface area contributed by atoms with E-state index in [-0.39, 0.29) is 35.5 Å². The van der Waals surface area contributed by atoms with Gasteiger partial charge in [0.05, 0.1) is 11.1 Å². The Hall–Kier alpha value is -4.82. The molecule has 13 nitrogen and oxygen atoms in total. The highest BCUT2D eigenvalue weighted by atomic mass is 16.3. The van der Waals surface area contributed by atoms with Gasteiger partial charge in [0, 0.05) is 67.1 Å². The minimum atomic E-state index is -0.454. The summed E-state index contributed by atoms with van der Waals surface area (Å²) in [6, 6.07) is 18.5. The van der Waals surface area contributed by atoms with E-state index in [1.165, 1.54) is 0 Å². The first-order valence-corrected chi connectivity index (χ1v) is 15.0. The van der Waals surface area contributed by atoms with Gasteiger partial charge in [-0.15, -0.1) is 10.2 Å². The Kier molecular flexibility index (Phi) is 8.50. The number of nitrogens with two attached hydrogens (primary N) is 4. The van der Waals surface area contributed by atoms with Crippen LogP contribution in [0.2, 0.25) is 0 Å². The topological polar surface area (TPSA) is 215 Å². The van der Waals surface area contributed by atoms with E-state index in [2.05, 4.69) is 20.8 Å². The fraction of sp³-hybridized carbons (Fsp3) is 0.312. The molecule has 0 bridgehead atoms. The number of fused-ring (bicyclic) bond motifs is 1. The van der Waals surface area contributed by atoms with E-state index >= 15 is 0 Å². The largest absolute Gasteiger partial charge is 0.506 e. The maximum atomic E-state index is 13.8. The van der Waals surface area contributed by atoms with Gasteiger partial charge in [-0.25, -0.2) is 0 Å². The predicted octanol–water partition coefficient (Wildman–Crippen LogP) is 1.57. The van der Waals surface area contributed by atoms with E-state index in [1.54, 1.807) is 54.6 Å². The fourth-order valence-electron chi connectivity index (χ4n) is 6.12. The van der Waals surface area contributed by atoms with Crippen LogP contribution < -0.4 is 43.4 Å². The summed E-state index contributed by atoms with van der Waals surface area (Å²) in [6.45, 7) is 2.07. The van der Waals surface area contributed by atoms with Gasteiger partial charge in [-0.3, -0.25) is 9.59 Å². The van der Waals surface area contributed by atoms with Crippen molar-refractivity contribution in [2.45, 2.75) is 37.0 Å². The molecule has 2 aliphatic rings. The van der Waals surface area contributed by atoms with Crippen molar-refractivity contribution >= 4 is 45.6 Å². The number of phenolic OH excluding ortho intramolecular Hbond substituents is 1. The molecule has 2 amide bonds. The molecule has 0 saturated carbocycles. The molecular weight excluding hydrogens is 572 g/mol. The van der Waals surface area contributed by atoms with E-state index in [9.17, 15) is 14.7 Å². The molecule has 234 valence electrons. The Morgan fingerprint density at radius 1 is 0.689 bits per heavy atom. The smallest absolute Gasteiger partial charge is 0.259 e. The van der Waals surface area contributed by atoms with Crippen molar-refractivity contribution in [3.8, 4) is 5.75 Å². The number of rotatable bonds is 6. The van der Waals surface area contributed by atoms with Gasteiger partial charge in [-0.1, -0.05) is 30.3 Å². The molecule has 4 unspecified atom stereocenters. The molecule has 4 aromatic rings. The number of aromatic hydroxyl groups is 1. The first-order valence-electron chi connectivity index (χ1n) is 15.0. The van der Waals surface area contributed by atoms with Crippen molar-refractivity contribution in [2.24, 2.45) is 22.9 Å². The lowest BCUT2D eigenvalue weighted by Gasteiger charge is -2.37. The van der Waals surface area contributed by atoms with Crippen molar-refractivity contribution in [3.63, 3.8) is 0 Å². The quantitative estimate of drug-likeness (QED) is 0.166. The molecule has 0 aliphatic carbocycles. The highest BCUT2D eigenvalue weighted by Gasteiger charge is 2.30. The zero-order chi connectivity index (χ0) is 31.7. The van der Waals surface area contributed by atoms with Gasteiger partial charge in [0.15, 0.2) is 11.6 Å². The maximum Gasteiger partial charge on any atom is 0.259 e. The summed E-state index contributed by atoms with van der Waals surface area (Å²) in [5.74, 6) is -0.0242. The van der Waals surface area contributed by atoms with Gasteiger partial charge < -0.3 is 48.5 Å². The van der Waals surface area contributed by atoms with E-state index < -0.39 is 11.8 Å². The van der Waals surface area contributed by atoms with E-state index in [1.807, 2.05) is 21.9 Å². The van der Waals surface area contributed by atoms with Gasteiger partial charge in [0.1, 0.15) is 5.75 Å². The summed E-state index contributed by atoms with van der Waals surface area (Å²) in [6.07, 6.45) is 1.38. The number of hydrogen-bond acceptors (Lipinski definition) is 11. The molecule has 2 aliphatic heterocycles. The number of carbonyl (C=O) groups is 2. The van der Waals surface area contributed by atoms with Crippen LogP contribution >= 0.6 is 0 Å². The molecule has 6 rings (SSSR count). The number of anilines is 4. The second kappa shape index (κ2) is 12.7. The first-order chi connectivity index (χ1) is 21.6. The van der Waals surface area contributed by atoms with Gasteiger partial charge in [-0.2, -0.15) is 0 Å². The zero-order valence-corrected chi connectivity index (χ0v) is 24.8. The Morgan fingerprint density at radius 3 is 1.82 bits per heavy atom. The summed E-state index contributed by atoms with van der Waals surface area (Å²) < 4.78 is 0. The van der Waals surface area contributed by atoms with E-state index in [0.29, 0.717) is 73.0 Å². The Bertz CT molecular complexity index is 1700. The van der Waals surface area contributed by atoms with Gasteiger partial charge in [-0.05, 0) is 54.6 Å². The van der Waals surface area contributed by atoms with Crippen LogP contribution in [0, 0.1) is 0 Å². The molecular formula is C32H38N10O3. The average molecular weight is 611 g/mol. The van der Waals surface area contributed by atoms with Crippen molar-refractivity contribution in [1.29, 1.82) is 0 Å². The average Bonchev–Trinajstić information content (AvgIpc) is 3.01. The predicted molar refractivity (Wildman–Crippen MR) is 176 cm³/mol. The monoisotopic (exact) mass is 610 g/mol. The third kappa shape index (κ3) is 6.66. The van der Waals surface area contributed by atoms with Crippen molar-refractivity contribution in [1.82, 2.24) is 10.2 Å². The van der Waals surface area contributed by atoms with Crippen molar-refractivity contribution < 1.29 is 14.7 Å². The number of carbonyl (C=O) groups excluding carboxylic acids is 2. The van der Waals surface area contributed by atoms with E-state index in [0.717, 1.165) is 5.39 Å². The second-order valence-corrected chi connectivity index (χ2v) is 11.9. The number of nitrogens with zero attached hydrogens (tertiary/aromatic N) is 4. The fourth-order valence-corrected chi connectivity index (χ4v) is 6.12. The van der Waals surface area contributed by atoms with Crippen LogP contribution in [0.3, 0.4) is 0 Å². The third-order valence-electron chi connectivity index (χ3n) is 8.21. The summed E-state index contributed by atoms with van der Waals surface area (Å²) in [7, 11) is 0. The molecule has 1 aromatic heterocycles. The van der Waals surface area contributed by atoms with Gasteiger partial charge in [0.25, 0.3) is 11.8 Å². The SMILES string of the molecule is NC1CC(N)CN(c2cc(C(=O)Nc3ccc(NC(=O)c4ccc5ccccc5c4O)cc3)c(N3CC(N)CC(N)C3)nn2)C1. The van der Waals surface area contributed by atoms with Crippen LogP contribution in [0.5, 0.6) is 5.75 Å². The van der Waals surface area contributed by atoms with Gasteiger partial charge >= 0.3 is 0 Å². The number of benzene rings is 3. The number of hydrogen-bond donors (Lipinski definition) is 7. The Labute approximate surface area is 260 Å². The van der Waals surface area contributed by atoms with Crippen LogP contribution in [0.15, 0.2) is 66.7 Å². The van der Waals surface area contributed by atoms with E-state index in [4.69, 9.17) is 22.9 Å². The van der Waals surface area contributed by atoms with Crippen LogP contribution in [0.25, 0.3) is 10.8 Å².